The molecule has 4 nitrogen and oxygen atoms in total. The molecule has 0 fully saturated rings. The van der Waals surface area contributed by atoms with E-state index in [1.54, 1.807) is 26.0 Å². The van der Waals surface area contributed by atoms with Crippen LogP contribution in [-0.2, 0) is 9.59 Å². The number of benzene rings is 1. The molecule has 0 aliphatic rings. The van der Waals surface area contributed by atoms with Gasteiger partial charge >= 0.3 is 11.9 Å². The Balaban J connectivity index is 0.000000441. The molecule has 0 aliphatic carbocycles. The fourth-order valence-corrected chi connectivity index (χ4v) is 0.992. The van der Waals surface area contributed by atoms with Crippen LogP contribution in [0, 0.1) is 0 Å². The van der Waals surface area contributed by atoms with Crippen molar-refractivity contribution in [3.63, 3.8) is 0 Å². The zero-order valence-electron chi connectivity index (χ0n) is 11.5. The van der Waals surface area contributed by atoms with Crippen LogP contribution >= 0.6 is 0 Å². The van der Waals surface area contributed by atoms with Crippen LogP contribution in [-0.4, -0.2) is 22.2 Å². The first-order valence-corrected chi connectivity index (χ1v) is 5.96. The van der Waals surface area contributed by atoms with Gasteiger partial charge in [-0.2, -0.15) is 0 Å². The van der Waals surface area contributed by atoms with Crippen molar-refractivity contribution in [2.24, 2.45) is 0 Å². The smallest absolute Gasteiger partial charge is 0.330 e. The molecule has 0 aromatic heterocycles. The number of carboxylic acids is 2. The van der Waals surface area contributed by atoms with Crippen LogP contribution in [0.5, 0.6) is 0 Å². The van der Waals surface area contributed by atoms with Crippen molar-refractivity contribution in [1.29, 1.82) is 0 Å². The molecule has 0 heterocycles. The predicted molar refractivity (Wildman–Crippen MR) is 79.3 cm³/mol. The van der Waals surface area contributed by atoms with Crippen molar-refractivity contribution in [3.8, 4) is 0 Å². The summed E-state index contributed by atoms with van der Waals surface area (Å²) in [6.07, 6.45) is 7.69. The molecular weight excluding hydrogens is 256 g/mol. The van der Waals surface area contributed by atoms with E-state index in [9.17, 15) is 9.59 Å². The topological polar surface area (TPSA) is 74.6 Å². The quantitative estimate of drug-likeness (QED) is 0.652. The van der Waals surface area contributed by atoms with Gasteiger partial charge in [0, 0.05) is 11.6 Å². The van der Waals surface area contributed by atoms with Crippen molar-refractivity contribution in [1.82, 2.24) is 0 Å². The van der Waals surface area contributed by atoms with Gasteiger partial charge in [-0.1, -0.05) is 54.6 Å². The highest BCUT2D eigenvalue weighted by molar-refractivity contribution is 5.85. The second-order valence-electron chi connectivity index (χ2n) is 3.74. The van der Waals surface area contributed by atoms with E-state index in [-0.39, 0.29) is 0 Å². The molecule has 2 N–H and O–H groups in total. The average Bonchev–Trinajstić information content (AvgIpc) is 2.44. The highest BCUT2D eigenvalue weighted by atomic mass is 16.4. The molecule has 1 aromatic rings. The third-order valence-electron chi connectivity index (χ3n) is 2.21. The number of carbonyl (C=O) groups is 2. The summed E-state index contributed by atoms with van der Waals surface area (Å²) < 4.78 is 0. The normalized spacial score (nSPS) is 11.2. The van der Waals surface area contributed by atoms with Crippen LogP contribution in [0.15, 0.2) is 60.2 Å². The highest BCUT2D eigenvalue weighted by Crippen LogP contribution is 2.00. The summed E-state index contributed by atoms with van der Waals surface area (Å²) >= 11 is 0. The van der Waals surface area contributed by atoms with Crippen molar-refractivity contribution in [2.45, 2.75) is 13.8 Å². The van der Waals surface area contributed by atoms with E-state index >= 15 is 0 Å². The second-order valence-corrected chi connectivity index (χ2v) is 3.74. The monoisotopic (exact) mass is 274 g/mol. The standard InChI is InChI=1S/C11H10O2.C5H8O2/c12-11(13)9-5-4-8-10-6-2-1-3-7-10;1-3-4(2)5(6)7/h1-9H,(H,12,13);3H,1-2H3,(H,6,7). The van der Waals surface area contributed by atoms with Crippen LogP contribution in [0.4, 0.5) is 0 Å². The fourth-order valence-electron chi connectivity index (χ4n) is 0.992. The van der Waals surface area contributed by atoms with Crippen molar-refractivity contribution in [2.75, 3.05) is 0 Å². The SMILES string of the molecule is CC=C(C)C(=O)O.O=C(O)C=CC=Cc1ccccc1. The van der Waals surface area contributed by atoms with E-state index in [2.05, 4.69) is 0 Å². The maximum Gasteiger partial charge on any atom is 0.330 e. The Labute approximate surface area is 118 Å². The zero-order chi connectivity index (χ0) is 15.4. The molecule has 4 heteroatoms. The first-order valence-electron chi connectivity index (χ1n) is 5.96. The van der Waals surface area contributed by atoms with Gasteiger partial charge in [-0.15, -0.1) is 0 Å². The second kappa shape index (κ2) is 10.3. The molecule has 0 spiro atoms. The lowest BCUT2D eigenvalue weighted by molar-refractivity contribution is -0.133. The lowest BCUT2D eigenvalue weighted by Crippen LogP contribution is -1.93. The van der Waals surface area contributed by atoms with Crippen LogP contribution in [0.25, 0.3) is 6.08 Å². The summed E-state index contributed by atoms with van der Waals surface area (Å²) in [4.78, 5) is 20.0. The Morgan fingerprint density at radius 3 is 2.05 bits per heavy atom. The Hall–Kier alpha value is -2.62. The number of carboxylic acid groups (broad SMARTS) is 2. The minimum Gasteiger partial charge on any atom is -0.478 e. The third kappa shape index (κ3) is 9.41. The van der Waals surface area contributed by atoms with Crippen molar-refractivity contribution < 1.29 is 19.8 Å². The molecule has 106 valence electrons. The molecular formula is C16H18O4. The molecule has 0 bridgehead atoms. The summed E-state index contributed by atoms with van der Waals surface area (Å²) in [5, 5.41) is 16.4. The van der Waals surface area contributed by atoms with Gasteiger partial charge in [0.2, 0.25) is 0 Å². The van der Waals surface area contributed by atoms with Gasteiger partial charge in [0.15, 0.2) is 0 Å². The molecule has 0 radical (unpaired) electrons. The van der Waals surface area contributed by atoms with E-state index in [0.717, 1.165) is 11.6 Å². The first-order chi connectivity index (χ1) is 9.47. The lowest BCUT2D eigenvalue weighted by Gasteiger charge is -1.87. The summed E-state index contributed by atoms with van der Waals surface area (Å²) in [5.41, 5.74) is 1.44. The average molecular weight is 274 g/mol. The van der Waals surface area contributed by atoms with Gasteiger partial charge in [0.1, 0.15) is 0 Å². The van der Waals surface area contributed by atoms with E-state index in [1.807, 2.05) is 36.4 Å². The van der Waals surface area contributed by atoms with E-state index in [4.69, 9.17) is 10.2 Å². The lowest BCUT2D eigenvalue weighted by atomic mass is 10.2. The third-order valence-corrected chi connectivity index (χ3v) is 2.21. The highest BCUT2D eigenvalue weighted by Gasteiger charge is 1.93. The van der Waals surface area contributed by atoms with Gasteiger partial charge < -0.3 is 10.2 Å². The van der Waals surface area contributed by atoms with Gasteiger partial charge in [0.25, 0.3) is 0 Å². The molecule has 20 heavy (non-hydrogen) atoms. The van der Waals surface area contributed by atoms with Crippen LogP contribution in [0.3, 0.4) is 0 Å². The van der Waals surface area contributed by atoms with Gasteiger partial charge in [-0.3, -0.25) is 0 Å². The number of allylic oxidation sites excluding steroid dienone is 3. The minimum atomic E-state index is -0.933. The Bertz CT molecular complexity index is 511. The molecule has 0 saturated carbocycles. The van der Waals surface area contributed by atoms with E-state index in [1.165, 1.54) is 6.08 Å². The van der Waals surface area contributed by atoms with Crippen LogP contribution in [0.2, 0.25) is 0 Å². The fraction of sp³-hybridized carbons (Fsp3) is 0.125. The maximum atomic E-state index is 10.1. The Morgan fingerprint density at radius 2 is 1.65 bits per heavy atom. The number of hydrogen-bond donors (Lipinski definition) is 2. The number of aliphatic carboxylic acids is 2. The van der Waals surface area contributed by atoms with Gasteiger partial charge in [-0.05, 0) is 19.4 Å². The Kier molecular flexibility index (Phi) is 8.96. The molecule has 0 atom stereocenters. The molecule has 1 aromatic carbocycles. The van der Waals surface area contributed by atoms with Gasteiger partial charge in [-0.25, -0.2) is 9.59 Å². The number of rotatable bonds is 4. The molecule has 0 unspecified atom stereocenters. The predicted octanol–water partition coefficient (Wildman–Crippen LogP) is 3.38. The summed E-state index contributed by atoms with van der Waals surface area (Å²) in [6.45, 7) is 3.26. The van der Waals surface area contributed by atoms with E-state index in [0.29, 0.717) is 5.57 Å². The summed E-state index contributed by atoms with van der Waals surface area (Å²) in [6, 6.07) is 9.70. The molecule has 0 saturated heterocycles. The zero-order valence-corrected chi connectivity index (χ0v) is 11.5. The van der Waals surface area contributed by atoms with Gasteiger partial charge in [0.05, 0.1) is 0 Å². The summed E-state index contributed by atoms with van der Waals surface area (Å²) in [7, 11) is 0. The number of hydrogen-bond acceptors (Lipinski definition) is 2. The van der Waals surface area contributed by atoms with E-state index < -0.39 is 11.9 Å². The maximum absolute atomic E-state index is 10.1. The Morgan fingerprint density at radius 1 is 1.05 bits per heavy atom. The molecule has 0 amide bonds. The first kappa shape index (κ1) is 17.4. The van der Waals surface area contributed by atoms with Crippen LogP contribution < -0.4 is 0 Å². The molecule has 0 aliphatic heterocycles. The molecule has 1 rings (SSSR count). The minimum absolute atomic E-state index is 0.389. The van der Waals surface area contributed by atoms with Crippen molar-refractivity contribution >= 4 is 18.0 Å². The summed E-state index contributed by atoms with van der Waals surface area (Å²) in [5.74, 6) is -1.78. The van der Waals surface area contributed by atoms with Crippen LogP contribution in [0.1, 0.15) is 19.4 Å². The van der Waals surface area contributed by atoms with Crippen molar-refractivity contribution in [3.05, 3.63) is 65.8 Å². The largest absolute Gasteiger partial charge is 0.478 e.